The summed E-state index contributed by atoms with van der Waals surface area (Å²) < 4.78 is 14.6. The minimum absolute atomic E-state index is 0.0584. The van der Waals surface area contributed by atoms with Crippen molar-refractivity contribution in [1.29, 1.82) is 0 Å². The largest absolute Gasteiger partial charge is 0.382 e. The second kappa shape index (κ2) is 7.51. The molecule has 1 fully saturated rings. The minimum Gasteiger partial charge on any atom is -0.382 e. The van der Waals surface area contributed by atoms with Crippen LogP contribution in [0.15, 0.2) is 64.3 Å². The Morgan fingerprint density at radius 2 is 1.81 bits per heavy atom. The van der Waals surface area contributed by atoms with Gasteiger partial charge in [0.15, 0.2) is 5.84 Å². The van der Waals surface area contributed by atoms with E-state index in [9.17, 15) is 4.39 Å². The maximum absolute atomic E-state index is 14.6. The highest BCUT2D eigenvalue weighted by Gasteiger charge is 2.40. The summed E-state index contributed by atoms with van der Waals surface area (Å²) in [6.45, 7) is 0. The number of rotatable bonds is 3. The number of aromatic nitrogens is 1. The molecular formula is C25H25FN6. The second-order valence-corrected chi connectivity index (χ2v) is 8.73. The summed E-state index contributed by atoms with van der Waals surface area (Å²) in [6, 6.07) is 14.9. The Hall–Kier alpha value is -3.61. The quantitative estimate of drug-likeness (QED) is 0.562. The summed E-state index contributed by atoms with van der Waals surface area (Å²) in [5.41, 5.74) is 11.2. The molecule has 1 aliphatic carbocycles. The number of halogens is 1. The summed E-state index contributed by atoms with van der Waals surface area (Å²) in [5, 5.41) is 11.3. The Balaban J connectivity index is 1.46. The van der Waals surface area contributed by atoms with Gasteiger partial charge in [-0.2, -0.15) is 5.10 Å². The van der Waals surface area contributed by atoms with Crippen LogP contribution in [0.5, 0.6) is 0 Å². The number of hydrogen-bond acceptors (Lipinski definition) is 5. The first-order chi connectivity index (χ1) is 15.7. The number of amidine groups is 1. The van der Waals surface area contributed by atoms with Crippen molar-refractivity contribution in [2.75, 3.05) is 0 Å². The lowest BCUT2D eigenvalue weighted by Gasteiger charge is -2.33. The lowest BCUT2D eigenvalue weighted by Crippen LogP contribution is -2.43. The van der Waals surface area contributed by atoms with Gasteiger partial charge in [0.25, 0.3) is 0 Å². The molecule has 4 N–H and O–H groups in total. The van der Waals surface area contributed by atoms with Crippen LogP contribution in [0, 0.1) is 11.7 Å². The third-order valence-electron chi connectivity index (χ3n) is 6.82. The zero-order valence-corrected chi connectivity index (χ0v) is 17.7. The molecule has 7 heteroatoms. The third kappa shape index (κ3) is 2.99. The van der Waals surface area contributed by atoms with Crippen LogP contribution in [0.25, 0.3) is 27.7 Å². The standard InChI is InChI=1S/C25H25FN6/c26-19-12-5-4-10-17(19)18-11-6-9-16-13-20(30-21(16)18)22-23-24(27)28-14-29-32(23)25(31-22)15-7-2-1-3-8-15/h4-6,9-15,25,30-31H,1-3,7-8H2,(H2,27,28,29). The second-order valence-electron chi connectivity index (χ2n) is 8.73. The number of nitrogens with one attached hydrogen (secondary N) is 2. The summed E-state index contributed by atoms with van der Waals surface area (Å²) in [5.74, 6) is 0.713. The molecule has 0 spiro atoms. The number of aromatic amines is 1. The molecular weight excluding hydrogens is 403 g/mol. The molecule has 0 bridgehead atoms. The van der Waals surface area contributed by atoms with Gasteiger partial charge in [-0.05, 0) is 30.9 Å². The van der Waals surface area contributed by atoms with Crippen LogP contribution in [0.3, 0.4) is 0 Å². The molecule has 0 saturated heterocycles. The number of H-pyrrole nitrogens is 1. The van der Waals surface area contributed by atoms with E-state index in [1.54, 1.807) is 6.07 Å². The molecule has 0 radical (unpaired) electrons. The molecule has 2 aliphatic heterocycles. The fourth-order valence-electron chi connectivity index (χ4n) is 5.28. The average molecular weight is 429 g/mol. The highest BCUT2D eigenvalue weighted by atomic mass is 19.1. The number of para-hydroxylation sites is 1. The van der Waals surface area contributed by atoms with Crippen LogP contribution in [0.4, 0.5) is 4.39 Å². The minimum atomic E-state index is -0.237. The maximum atomic E-state index is 14.6. The highest BCUT2D eigenvalue weighted by molar-refractivity contribution is 6.08. The number of aliphatic imine (C=N–C) groups is 1. The zero-order valence-electron chi connectivity index (χ0n) is 17.7. The topological polar surface area (TPSA) is 81.8 Å². The zero-order chi connectivity index (χ0) is 21.7. The van der Waals surface area contributed by atoms with Gasteiger partial charge in [-0.25, -0.2) is 14.4 Å². The fourth-order valence-corrected chi connectivity index (χ4v) is 5.28. The number of hydrazone groups is 1. The lowest BCUT2D eigenvalue weighted by atomic mass is 9.87. The predicted octanol–water partition coefficient (Wildman–Crippen LogP) is 4.77. The Kier molecular flexibility index (Phi) is 4.48. The van der Waals surface area contributed by atoms with Crippen molar-refractivity contribution in [2.45, 2.75) is 38.3 Å². The number of hydrogen-bond donors (Lipinski definition) is 3. The van der Waals surface area contributed by atoms with E-state index in [4.69, 9.17) is 5.73 Å². The molecule has 6 rings (SSSR count). The molecule has 3 heterocycles. The van der Waals surface area contributed by atoms with E-state index in [1.807, 2.05) is 35.3 Å². The van der Waals surface area contributed by atoms with E-state index >= 15 is 0 Å². The van der Waals surface area contributed by atoms with Crippen molar-refractivity contribution in [3.8, 4) is 11.1 Å². The number of benzene rings is 2. The Morgan fingerprint density at radius 1 is 1.00 bits per heavy atom. The summed E-state index contributed by atoms with van der Waals surface area (Å²) in [7, 11) is 0. The maximum Gasteiger partial charge on any atom is 0.153 e. The molecule has 3 aliphatic rings. The van der Waals surface area contributed by atoms with E-state index in [0.717, 1.165) is 33.6 Å². The van der Waals surface area contributed by atoms with E-state index in [0.29, 0.717) is 17.3 Å². The number of nitrogens with two attached hydrogens (primary N) is 1. The molecule has 1 atom stereocenters. The van der Waals surface area contributed by atoms with E-state index in [1.165, 1.54) is 44.5 Å². The van der Waals surface area contributed by atoms with Crippen LogP contribution < -0.4 is 11.1 Å². The molecule has 162 valence electrons. The van der Waals surface area contributed by atoms with Crippen LogP contribution in [-0.4, -0.2) is 28.3 Å². The number of nitrogens with zero attached hydrogens (tertiary/aromatic N) is 3. The van der Waals surface area contributed by atoms with Crippen molar-refractivity contribution in [3.05, 3.63) is 65.7 Å². The summed E-state index contributed by atoms with van der Waals surface area (Å²) in [4.78, 5) is 7.79. The monoisotopic (exact) mass is 428 g/mol. The van der Waals surface area contributed by atoms with Gasteiger partial charge >= 0.3 is 0 Å². The van der Waals surface area contributed by atoms with Crippen molar-refractivity contribution < 1.29 is 4.39 Å². The molecule has 2 aromatic carbocycles. The first-order valence-corrected chi connectivity index (χ1v) is 11.2. The van der Waals surface area contributed by atoms with Crippen LogP contribution in [0.1, 0.15) is 37.8 Å². The third-order valence-corrected chi connectivity index (χ3v) is 6.82. The van der Waals surface area contributed by atoms with Gasteiger partial charge in [-0.15, -0.1) is 0 Å². The van der Waals surface area contributed by atoms with E-state index in [2.05, 4.69) is 26.5 Å². The Bertz CT molecular complexity index is 1280. The van der Waals surface area contributed by atoms with Crippen LogP contribution in [-0.2, 0) is 0 Å². The first-order valence-electron chi connectivity index (χ1n) is 11.2. The SMILES string of the molecule is NC1=NC=NN2C1=C(c1cc3cccc(-c4ccccc4F)c3[nH]1)NC2C1CCCCC1. The van der Waals surface area contributed by atoms with Gasteiger partial charge in [0.05, 0.1) is 16.9 Å². The molecule has 0 amide bonds. The average Bonchev–Trinajstić information content (AvgIpc) is 3.42. The molecule has 1 saturated carbocycles. The first kappa shape index (κ1) is 19.1. The molecule has 3 aromatic rings. The normalized spacial score (nSPS) is 21.1. The van der Waals surface area contributed by atoms with Crippen LogP contribution >= 0.6 is 0 Å². The Morgan fingerprint density at radius 3 is 2.66 bits per heavy atom. The van der Waals surface area contributed by atoms with Crippen molar-refractivity contribution >= 4 is 28.8 Å². The molecule has 6 nitrogen and oxygen atoms in total. The molecule has 1 aromatic heterocycles. The smallest absolute Gasteiger partial charge is 0.153 e. The highest BCUT2D eigenvalue weighted by Crippen LogP contribution is 2.39. The fraction of sp³-hybridized carbons (Fsp3) is 0.280. The van der Waals surface area contributed by atoms with E-state index in [-0.39, 0.29) is 12.0 Å². The van der Waals surface area contributed by atoms with E-state index < -0.39 is 0 Å². The Labute approximate surface area is 185 Å². The summed E-state index contributed by atoms with van der Waals surface area (Å²) >= 11 is 0. The van der Waals surface area contributed by atoms with Crippen molar-refractivity contribution in [3.63, 3.8) is 0 Å². The summed E-state index contributed by atoms with van der Waals surface area (Å²) in [6.07, 6.45) is 7.71. The van der Waals surface area contributed by atoms with Crippen molar-refractivity contribution in [1.82, 2.24) is 15.3 Å². The molecule has 1 unspecified atom stereocenters. The lowest BCUT2D eigenvalue weighted by molar-refractivity contribution is 0.162. The predicted molar refractivity (Wildman–Crippen MR) is 126 cm³/mol. The van der Waals surface area contributed by atoms with Gasteiger partial charge in [0.1, 0.15) is 24.0 Å². The van der Waals surface area contributed by atoms with Gasteiger partial charge in [0, 0.05) is 16.5 Å². The van der Waals surface area contributed by atoms with Gasteiger partial charge in [-0.3, -0.25) is 0 Å². The van der Waals surface area contributed by atoms with Gasteiger partial charge in [-0.1, -0.05) is 55.7 Å². The van der Waals surface area contributed by atoms with Crippen molar-refractivity contribution in [2.24, 2.45) is 21.7 Å². The van der Waals surface area contributed by atoms with Gasteiger partial charge in [0.2, 0.25) is 0 Å². The van der Waals surface area contributed by atoms with Gasteiger partial charge < -0.3 is 16.0 Å². The molecule has 32 heavy (non-hydrogen) atoms. The number of fused-ring (bicyclic) bond motifs is 2. The van der Waals surface area contributed by atoms with Crippen LogP contribution in [0.2, 0.25) is 0 Å².